The molecule has 118 valence electrons. The molecule has 0 fully saturated rings. The van der Waals surface area contributed by atoms with Crippen LogP contribution in [0.15, 0.2) is 57.7 Å². The number of benzene rings is 1. The first-order chi connectivity index (χ1) is 11.7. The van der Waals surface area contributed by atoms with E-state index in [0.717, 1.165) is 11.3 Å². The molecule has 0 aliphatic rings. The van der Waals surface area contributed by atoms with Gasteiger partial charge < -0.3 is 14.2 Å². The van der Waals surface area contributed by atoms with Crippen LogP contribution in [0.2, 0.25) is 0 Å². The molecule has 0 bridgehead atoms. The van der Waals surface area contributed by atoms with Crippen molar-refractivity contribution in [1.82, 2.24) is 15.2 Å². The zero-order valence-electron chi connectivity index (χ0n) is 12.7. The van der Waals surface area contributed by atoms with Gasteiger partial charge in [-0.1, -0.05) is 0 Å². The summed E-state index contributed by atoms with van der Waals surface area (Å²) in [6.45, 7) is 1.89. The summed E-state index contributed by atoms with van der Waals surface area (Å²) >= 11 is 0. The van der Waals surface area contributed by atoms with Gasteiger partial charge in [0.25, 0.3) is 5.91 Å². The van der Waals surface area contributed by atoms with Crippen molar-refractivity contribution in [1.29, 1.82) is 0 Å². The van der Waals surface area contributed by atoms with Crippen molar-refractivity contribution in [2.24, 2.45) is 0 Å². The lowest BCUT2D eigenvalue weighted by atomic mass is 10.2. The minimum absolute atomic E-state index is 0.212. The molecule has 4 rings (SSSR count). The number of rotatable bonds is 3. The van der Waals surface area contributed by atoms with Crippen molar-refractivity contribution in [2.75, 3.05) is 5.32 Å². The number of fused-ring (bicyclic) bond motifs is 1. The maximum Gasteiger partial charge on any atom is 0.291 e. The van der Waals surface area contributed by atoms with Gasteiger partial charge in [0.1, 0.15) is 5.52 Å². The summed E-state index contributed by atoms with van der Waals surface area (Å²) in [5.74, 6) is 0.298. The Morgan fingerprint density at radius 1 is 1.12 bits per heavy atom. The highest BCUT2D eigenvalue weighted by atomic mass is 16.4. The van der Waals surface area contributed by atoms with E-state index in [0.29, 0.717) is 22.7 Å². The van der Waals surface area contributed by atoms with Gasteiger partial charge >= 0.3 is 0 Å². The number of hydrogen-bond donors (Lipinski definition) is 1. The lowest BCUT2D eigenvalue weighted by molar-refractivity contribution is 0.0998. The van der Waals surface area contributed by atoms with Crippen LogP contribution in [-0.2, 0) is 0 Å². The number of furan rings is 1. The smallest absolute Gasteiger partial charge is 0.291 e. The topological polar surface area (TPSA) is 94.1 Å². The molecule has 3 heterocycles. The molecule has 0 aliphatic heterocycles. The maximum atomic E-state index is 12.3. The first-order valence-corrected chi connectivity index (χ1v) is 7.24. The van der Waals surface area contributed by atoms with Crippen LogP contribution in [0.3, 0.4) is 0 Å². The number of hydrogen-bond acceptors (Lipinski definition) is 6. The lowest BCUT2D eigenvalue weighted by Gasteiger charge is -2.03. The third-order valence-corrected chi connectivity index (χ3v) is 3.49. The first-order valence-electron chi connectivity index (χ1n) is 7.24. The summed E-state index contributed by atoms with van der Waals surface area (Å²) in [7, 11) is 0. The Hall–Kier alpha value is -3.48. The Kier molecular flexibility index (Phi) is 3.31. The van der Waals surface area contributed by atoms with Gasteiger partial charge in [-0.15, -0.1) is 10.2 Å². The number of anilines is 1. The molecule has 4 aromatic rings. The first kappa shape index (κ1) is 14.1. The molecule has 0 saturated heterocycles. The molecular formula is C17H12N4O3. The van der Waals surface area contributed by atoms with Gasteiger partial charge in [-0.2, -0.15) is 0 Å². The maximum absolute atomic E-state index is 12.3. The second-order valence-corrected chi connectivity index (χ2v) is 5.22. The molecule has 0 saturated carbocycles. The molecule has 7 nitrogen and oxygen atoms in total. The van der Waals surface area contributed by atoms with Crippen molar-refractivity contribution in [3.63, 3.8) is 0 Å². The minimum Gasteiger partial charge on any atom is -0.449 e. The average molecular weight is 320 g/mol. The summed E-state index contributed by atoms with van der Waals surface area (Å²) in [4.78, 5) is 16.6. The number of carbonyl (C=O) groups excluding carboxylic acids is 1. The number of aromatic nitrogens is 3. The summed E-state index contributed by atoms with van der Waals surface area (Å²) in [6, 6.07) is 12.3. The van der Waals surface area contributed by atoms with Crippen LogP contribution in [0, 0.1) is 6.92 Å². The van der Waals surface area contributed by atoms with Crippen LogP contribution in [-0.4, -0.2) is 21.1 Å². The largest absolute Gasteiger partial charge is 0.449 e. The van der Waals surface area contributed by atoms with Crippen molar-refractivity contribution in [2.45, 2.75) is 6.92 Å². The monoisotopic (exact) mass is 320 g/mol. The van der Waals surface area contributed by atoms with Gasteiger partial charge in [-0.05, 0) is 43.3 Å². The van der Waals surface area contributed by atoms with Gasteiger partial charge in [0.15, 0.2) is 11.3 Å². The van der Waals surface area contributed by atoms with Gasteiger partial charge in [0.2, 0.25) is 12.3 Å². The van der Waals surface area contributed by atoms with E-state index in [1.165, 1.54) is 6.39 Å². The zero-order chi connectivity index (χ0) is 16.5. The second-order valence-electron chi connectivity index (χ2n) is 5.22. The highest BCUT2D eigenvalue weighted by molar-refractivity contribution is 6.04. The molecule has 1 N–H and O–H groups in total. The predicted molar refractivity (Wildman–Crippen MR) is 86.4 cm³/mol. The Labute approximate surface area is 136 Å². The second kappa shape index (κ2) is 5.62. The van der Waals surface area contributed by atoms with Crippen molar-refractivity contribution in [3.8, 4) is 11.5 Å². The third-order valence-electron chi connectivity index (χ3n) is 3.49. The lowest BCUT2D eigenvalue weighted by Crippen LogP contribution is -2.10. The van der Waals surface area contributed by atoms with E-state index in [2.05, 4.69) is 20.5 Å². The van der Waals surface area contributed by atoms with Crippen molar-refractivity contribution in [3.05, 3.63) is 60.3 Å². The number of nitrogens with one attached hydrogen (secondary N) is 1. The Morgan fingerprint density at radius 3 is 2.71 bits per heavy atom. The summed E-state index contributed by atoms with van der Waals surface area (Å²) < 4.78 is 10.7. The van der Waals surface area contributed by atoms with Gasteiger partial charge in [0, 0.05) is 23.0 Å². The van der Waals surface area contributed by atoms with E-state index in [-0.39, 0.29) is 11.7 Å². The standard InChI is InChI=1S/C17H12N4O3/c1-10-2-7-14-13(19-10)8-15(24-14)16(22)20-12-5-3-11(4-6-12)17-21-18-9-23-17/h2-9H,1H3,(H,20,22). The minimum atomic E-state index is -0.337. The SMILES string of the molecule is Cc1ccc2oc(C(=O)Nc3ccc(-c4nnco4)cc3)cc2n1. The third kappa shape index (κ3) is 2.63. The van der Waals surface area contributed by atoms with Gasteiger partial charge in [0.05, 0.1) is 0 Å². The Bertz CT molecular complexity index is 1000. The van der Waals surface area contributed by atoms with E-state index in [1.807, 2.05) is 13.0 Å². The molecule has 0 aliphatic carbocycles. The highest BCUT2D eigenvalue weighted by Crippen LogP contribution is 2.21. The molecule has 3 aromatic heterocycles. The fourth-order valence-corrected chi connectivity index (χ4v) is 2.33. The molecule has 24 heavy (non-hydrogen) atoms. The fraction of sp³-hybridized carbons (Fsp3) is 0.0588. The quantitative estimate of drug-likeness (QED) is 0.621. The van der Waals surface area contributed by atoms with E-state index in [9.17, 15) is 4.79 Å². The molecule has 1 amide bonds. The number of carbonyl (C=O) groups is 1. The van der Waals surface area contributed by atoms with E-state index >= 15 is 0 Å². The highest BCUT2D eigenvalue weighted by Gasteiger charge is 2.13. The summed E-state index contributed by atoms with van der Waals surface area (Å²) in [5.41, 5.74) is 3.51. The van der Waals surface area contributed by atoms with Crippen molar-refractivity contribution >= 4 is 22.7 Å². The fourth-order valence-electron chi connectivity index (χ4n) is 2.33. The average Bonchev–Trinajstić information content (AvgIpc) is 3.24. The van der Waals surface area contributed by atoms with Crippen LogP contribution < -0.4 is 5.32 Å². The number of aryl methyl sites for hydroxylation is 1. The molecule has 0 atom stereocenters. The molecule has 7 heteroatoms. The zero-order valence-corrected chi connectivity index (χ0v) is 12.7. The molecule has 0 radical (unpaired) electrons. The van der Waals surface area contributed by atoms with E-state index in [4.69, 9.17) is 8.83 Å². The number of pyridine rings is 1. The van der Waals surface area contributed by atoms with E-state index in [1.54, 1.807) is 36.4 Å². The van der Waals surface area contributed by atoms with Crippen LogP contribution in [0.1, 0.15) is 16.2 Å². The Balaban J connectivity index is 1.54. The van der Waals surface area contributed by atoms with E-state index < -0.39 is 0 Å². The van der Waals surface area contributed by atoms with Gasteiger partial charge in [-0.25, -0.2) is 4.98 Å². The van der Waals surface area contributed by atoms with Crippen LogP contribution in [0.25, 0.3) is 22.6 Å². The normalized spacial score (nSPS) is 10.9. The molecule has 1 aromatic carbocycles. The van der Waals surface area contributed by atoms with Gasteiger partial charge in [-0.3, -0.25) is 4.79 Å². The van der Waals surface area contributed by atoms with Crippen molar-refractivity contribution < 1.29 is 13.6 Å². The molecule has 0 unspecified atom stereocenters. The van der Waals surface area contributed by atoms with Crippen LogP contribution >= 0.6 is 0 Å². The summed E-state index contributed by atoms with van der Waals surface area (Å²) in [6.07, 6.45) is 1.27. The number of amides is 1. The molecular weight excluding hydrogens is 308 g/mol. The summed E-state index contributed by atoms with van der Waals surface area (Å²) in [5, 5.41) is 10.2. The predicted octanol–water partition coefficient (Wildman–Crippen LogP) is 3.44. The van der Waals surface area contributed by atoms with Crippen LogP contribution in [0.4, 0.5) is 5.69 Å². The number of nitrogens with zero attached hydrogens (tertiary/aromatic N) is 3. The van der Waals surface area contributed by atoms with Crippen LogP contribution in [0.5, 0.6) is 0 Å². The molecule has 0 spiro atoms. The Morgan fingerprint density at radius 2 is 1.96 bits per heavy atom.